The van der Waals surface area contributed by atoms with Crippen LogP contribution in [0.4, 0.5) is 0 Å². The number of carbonyl (C=O) groups excluding carboxylic acids is 1. The summed E-state index contributed by atoms with van der Waals surface area (Å²) in [6.07, 6.45) is 1.05. The SMILES string of the molecule is CC(Sc1ccc(Br)cc1)C(=O)N(C)C1CCNC1.Cl. The first-order chi connectivity index (χ1) is 9.08. The number of hydrogen-bond acceptors (Lipinski definition) is 3. The zero-order valence-electron chi connectivity index (χ0n) is 11.6. The summed E-state index contributed by atoms with van der Waals surface area (Å²) in [6.45, 7) is 3.91. The number of halogens is 2. The third-order valence-electron chi connectivity index (χ3n) is 3.40. The van der Waals surface area contributed by atoms with Gasteiger partial charge in [-0.25, -0.2) is 0 Å². The third kappa shape index (κ3) is 4.65. The Morgan fingerprint density at radius 1 is 1.45 bits per heavy atom. The van der Waals surface area contributed by atoms with Crippen molar-refractivity contribution in [3.8, 4) is 0 Å². The number of rotatable bonds is 4. The van der Waals surface area contributed by atoms with Crippen LogP contribution >= 0.6 is 40.1 Å². The van der Waals surface area contributed by atoms with Gasteiger partial charge in [0.05, 0.1) is 5.25 Å². The molecule has 3 nitrogen and oxygen atoms in total. The highest BCUT2D eigenvalue weighted by atomic mass is 79.9. The zero-order chi connectivity index (χ0) is 13.8. The summed E-state index contributed by atoms with van der Waals surface area (Å²) in [6, 6.07) is 8.43. The summed E-state index contributed by atoms with van der Waals surface area (Å²) in [4.78, 5) is 15.4. The second-order valence-corrected chi connectivity index (χ2v) is 7.14. The van der Waals surface area contributed by atoms with Crippen LogP contribution in [-0.4, -0.2) is 42.2 Å². The largest absolute Gasteiger partial charge is 0.340 e. The lowest BCUT2D eigenvalue weighted by molar-refractivity contribution is -0.130. The van der Waals surface area contributed by atoms with E-state index in [1.165, 1.54) is 0 Å². The van der Waals surface area contributed by atoms with Gasteiger partial charge in [0.1, 0.15) is 0 Å². The van der Waals surface area contributed by atoms with Crippen molar-refractivity contribution in [2.45, 2.75) is 29.5 Å². The normalized spacial score (nSPS) is 19.2. The van der Waals surface area contributed by atoms with Gasteiger partial charge in [-0.05, 0) is 44.2 Å². The number of amides is 1. The molecule has 0 aromatic heterocycles. The van der Waals surface area contributed by atoms with Crippen molar-refractivity contribution in [3.63, 3.8) is 0 Å². The number of benzene rings is 1. The van der Waals surface area contributed by atoms with Crippen molar-refractivity contribution >= 4 is 46.0 Å². The van der Waals surface area contributed by atoms with E-state index in [2.05, 4.69) is 21.2 Å². The Hall–Kier alpha value is -0.230. The van der Waals surface area contributed by atoms with E-state index in [9.17, 15) is 4.79 Å². The van der Waals surface area contributed by atoms with Crippen LogP contribution in [0.2, 0.25) is 0 Å². The van der Waals surface area contributed by atoms with Crippen LogP contribution < -0.4 is 5.32 Å². The molecule has 0 radical (unpaired) electrons. The first-order valence-corrected chi connectivity index (χ1v) is 8.15. The Balaban J connectivity index is 0.00000200. The minimum atomic E-state index is -0.0493. The second-order valence-electron chi connectivity index (χ2n) is 4.81. The summed E-state index contributed by atoms with van der Waals surface area (Å²) in [5.74, 6) is 0.210. The quantitative estimate of drug-likeness (QED) is 0.816. The highest BCUT2D eigenvalue weighted by Crippen LogP contribution is 2.26. The van der Waals surface area contributed by atoms with E-state index in [4.69, 9.17) is 0 Å². The molecule has 1 heterocycles. The lowest BCUT2D eigenvalue weighted by Crippen LogP contribution is -2.42. The fourth-order valence-electron chi connectivity index (χ4n) is 2.20. The number of likely N-dealkylation sites (N-methyl/N-ethyl adjacent to an activating group) is 1. The van der Waals surface area contributed by atoms with Crippen molar-refractivity contribution in [1.82, 2.24) is 10.2 Å². The van der Waals surface area contributed by atoms with E-state index in [0.29, 0.717) is 6.04 Å². The Labute approximate surface area is 139 Å². The van der Waals surface area contributed by atoms with Crippen LogP contribution in [0, 0.1) is 0 Å². The lowest BCUT2D eigenvalue weighted by Gasteiger charge is -2.26. The molecular formula is C14H20BrClN2OS. The molecule has 2 atom stereocenters. The predicted molar refractivity (Wildman–Crippen MR) is 90.8 cm³/mol. The van der Waals surface area contributed by atoms with Crippen molar-refractivity contribution < 1.29 is 4.79 Å². The monoisotopic (exact) mass is 378 g/mol. The molecule has 20 heavy (non-hydrogen) atoms. The summed E-state index contributed by atoms with van der Waals surface area (Å²) in [5, 5.41) is 3.25. The van der Waals surface area contributed by atoms with Gasteiger partial charge in [0.2, 0.25) is 5.91 Å². The standard InChI is InChI=1S/C14H19BrN2OS.ClH/c1-10(19-13-5-3-11(15)4-6-13)14(18)17(2)12-7-8-16-9-12;/h3-6,10,12,16H,7-9H2,1-2H3;1H. The van der Waals surface area contributed by atoms with E-state index in [0.717, 1.165) is 28.9 Å². The molecule has 1 aliphatic rings. The van der Waals surface area contributed by atoms with Crippen molar-refractivity contribution in [2.75, 3.05) is 20.1 Å². The van der Waals surface area contributed by atoms with Gasteiger partial charge >= 0.3 is 0 Å². The molecule has 2 rings (SSSR count). The topological polar surface area (TPSA) is 32.3 Å². The maximum atomic E-state index is 12.4. The smallest absolute Gasteiger partial charge is 0.235 e. The Morgan fingerprint density at radius 3 is 2.65 bits per heavy atom. The predicted octanol–water partition coefficient (Wildman–Crippen LogP) is 3.17. The second kappa shape index (κ2) is 8.27. The van der Waals surface area contributed by atoms with E-state index in [1.807, 2.05) is 43.1 Å². The van der Waals surface area contributed by atoms with Gasteiger partial charge in [-0.2, -0.15) is 0 Å². The number of hydrogen-bond donors (Lipinski definition) is 1. The van der Waals surface area contributed by atoms with Crippen LogP contribution in [0.3, 0.4) is 0 Å². The molecule has 0 bridgehead atoms. The van der Waals surface area contributed by atoms with E-state index in [-0.39, 0.29) is 23.6 Å². The molecule has 112 valence electrons. The zero-order valence-corrected chi connectivity index (χ0v) is 14.9. The minimum Gasteiger partial charge on any atom is -0.340 e. The lowest BCUT2D eigenvalue weighted by atomic mass is 10.2. The van der Waals surface area contributed by atoms with Crippen molar-refractivity contribution in [1.29, 1.82) is 0 Å². The Bertz CT molecular complexity index is 437. The molecule has 1 aliphatic heterocycles. The van der Waals surface area contributed by atoms with E-state index >= 15 is 0 Å². The molecule has 2 unspecified atom stereocenters. The number of thioether (sulfide) groups is 1. The van der Waals surface area contributed by atoms with Crippen LogP contribution in [0.25, 0.3) is 0 Å². The fraction of sp³-hybridized carbons (Fsp3) is 0.500. The molecule has 1 saturated heterocycles. The summed E-state index contributed by atoms with van der Waals surface area (Å²) >= 11 is 5.03. The fourth-order valence-corrected chi connectivity index (χ4v) is 3.44. The molecule has 1 fully saturated rings. The van der Waals surface area contributed by atoms with Crippen molar-refractivity contribution in [2.24, 2.45) is 0 Å². The Kier molecular flexibility index (Phi) is 7.37. The molecular weight excluding hydrogens is 360 g/mol. The van der Waals surface area contributed by atoms with Crippen LogP contribution in [0.5, 0.6) is 0 Å². The number of nitrogens with zero attached hydrogens (tertiary/aromatic N) is 1. The number of carbonyl (C=O) groups is 1. The van der Waals surface area contributed by atoms with Gasteiger partial charge in [0, 0.05) is 29.0 Å². The van der Waals surface area contributed by atoms with Gasteiger partial charge in [0.25, 0.3) is 0 Å². The molecule has 0 saturated carbocycles. The average Bonchev–Trinajstić information content (AvgIpc) is 2.93. The molecule has 1 aromatic carbocycles. The molecule has 1 amide bonds. The molecule has 6 heteroatoms. The minimum absolute atomic E-state index is 0. The summed E-state index contributed by atoms with van der Waals surface area (Å²) < 4.78 is 1.06. The molecule has 1 N–H and O–H groups in total. The average molecular weight is 380 g/mol. The van der Waals surface area contributed by atoms with Gasteiger partial charge in [-0.1, -0.05) is 15.9 Å². The Morgan fingerprint density at radius 2 is 2.10 bits per heavy atom. The highest BCUT2D eigenvalue weighted by Gasteiger charge is 2.26. The van der Waals surface area contributed by atoms with Gasteiger partial charge in [0.15, 0.2) is 0 Å². The van der Waals surface area contributed by atoms with E-state index < -0.39 is 0 Å². The van der Waals surface area contributed by atoms with Gasteiger partial charge in [-0.3, -0.25) is 4.79 Å². The van der Waals surface area contributed by atoms with Crippen molar-refractivity contribution in [3.05, 3.63) is 28.7 Å². The molecule has 0 spiro atoms. The van der Waals surface area contributed by atoms with Crippen LogP contribution in [0.1, 0.15) is 13.3 Å². The maximum Gasteiger partial charge on any atom is 0.235 e. The first kappa shape index (κ1) is 17.8. The van der Waals surface area contributed by atoms with Gasteiger partial charge in [-0.15, -0.1) is 24.2 Å². The molecule has 0 aliphatic carbocycles. The van der Waals surface area contributed by atoms with E-state index in [1.54, 1.807) is 11.8 Å². The van der Waals surface area contributed by atoms with Gasteiger partial charge < -0.3 is 10.2 Å². The third-order valence-corrected chi connectivity index (χ3v) is 5.03. The number of nitrogens with one attached hydrogen (secondary N) is 1. The summed E-state index contributed by atoms with van der Waals surface area (Å²) in [7, 11) is 1.92. The highest BCUT2D eigenvalue weighted by molar-refractivity contribution is 9.10. The molecule has 1 aromatic rings. The van der Waals surface area contributed by atoms with Crippen LogP contribution in [-0.2, 0) is 4.79 Å². The van der Waals surface area contributed by atoms with Crippen LogP contribution in [0.15, 0.2) is 33.6 Å². The summed E-state index contributed by atoms with van der Waals surface area (Å²) in [5.41, 5.74) is 0. The maximum absolute atomic E-state index is 12.4. The first-order valence-electron chi connectivity index (χ1n) is 6.47.